The van der Waals surface area contributed by atoms with Crippen molar-refractivity contribution in [1.82, 2.24) is 14.8 Å². The molecule has 0 radical (unpaired) electrons. The van der Waals surface area contributed by atoms with E-state index in [1.807, 2.05) is 50.2 Å². The molecule has 3 rings (SSSR count). The molecule has 3 N–H and O–H groups in total. The van der Waals surface area contributed by atoms with Crippen LogP contribution in [0.1, 0.15) is 17.0 Å². The lowest BCUT2D eigenvalue weighted by Crippen LogP contribution is -2.14. The van der Waals surface area contributed by atoms with E-state index in [-0.39, 0.29) is 5.84 Å². The van der Waals surface area contributed by atoms with E-state index in [1.54, 1.807) is 4.68 Å². The van der Waals surface area contributed by atoms with Gasteiger partial charge in [0.1, 0.15) is 5.84 Å². The van der Waals surface area contributed by atoms with E-state index >= 15 is 0 Å². The molecule has 3 aromatic rings. The highest BCUT2D eigenvalue weighted by atomic mass is 15.3. The summed E-state index contributed by atoms with van der Waals surface area (Å²) in [6.07, 6.45) is 0. The maximum Gasteiger partial charge on any atom is 0.155 e. The number of nitrogens with zero attached hydrogens (tertiary/aromatic N) is 3. The molecule has 0 spiro atoms. The van der Waals surface area contributed by atoms with Crippen molar-refractivity contribution in [3.63, 3.8) is 0 Å². The van der Waals surface area contributed by atoms with E-state index in [2.05, 4.69) is 10.1 Å². The van der Waals surface area contributed by atoms with Gasteiger partial charge in [0.15, 0.2) is 5.82 Å². The largest absolute Gasteiger partial charge is 0.384 e. The van der Waals surface area contributed by atoms with Crippen LogP contribution in [0, 0.1) is 19.3 Å². The minimum Gasteiger partial charge on any atom is -0.384 e. The Labute approximate surface area is 116 Å². The Hall–Kier alpha value is -2.69. The SMILES string of the molecule is Cc1cc(C)n(-c2cc(C(=N)N)c3ccccc3n2)n1. The molecule has 0 aliphatic heterocycles. The zero-order chi connectivity index (χ0) is 14.3. The fourth-order valence-electron chi connectivity index (χ4n) is 2.35. The van der Waals surface area contributed by atoms with Crippen LogP contribution >= 0.6 is 0 Å². The Bertz CT molecular complexity index is 816. The Kier molecular flexibility index (Phi) is 2.75. The molecule has 0 fully saturated rings. The van der Waals surface area contributed by atoms with Crippen LogP contribution in [0.5, 0.6) is 0 Å². The van der Waals surface area contributed by atoms with Crippen molar-refractivity contribution in [2.75, 3.05) is 0 Å². The van der Waals surface area contributed by atoms with Gasteiger partial charge in [-0.2, -0.15) is 5.10 Å². The van der Waals surface area contributed by atoms with Crippen LogP contribution in [0.4, 0.5) is 0 Å². The Morgan fingerprint density at radius 2 is 1.95 bits per heavy atom. The molecule has 0 saturated carbocycles. The van der Waals surface area contributed by atoms with E-state index in [4.69, 9.17) is 11.1 Å². The van der Waals surface area contributed by atoms with Gasteiger partial charge in [-0.15, -0.1) is 0 Å². The predicted molar refractivity (Wildman–Crippen MR) is 79.4 cm³/mol. The topological polar surface area (TPSA) is 80.6 Å². The van der Waals surface area contributed by atoms with Crippen molar-refractivity contribution < 1.29 is 0 Å². The summed E-state index contributed by atoms with van der Waals surface area (Å²) in [7, 11) is 0. The van der Waals surface area contributed by atoms with Gasteiger partial charge in [-0.1, -0.05) is 18.2 Å². The third kappa shape index (κ3) is 1.93. The first-order valence-corrected chi connectivity index (χ1v) is 6.34. The minimum atomic E-state index is 0.0337. The molecule has 20 heavy (non-hydrogen) atoms. The van der Waals surface area contributed by atoms with Gasteiger partial charge in [0, 0.05) is 16.6 Å². The number of aryl methyl sites for hydroxylation is 2. The molecule has 5 nitrogen and oxygen atoms in total. The van der Waals surface area contributed by atoms with Crippen LogP contribution in [0.25, 0.3) is 16.7 Å². The molecule has 0 bridgehead atoms. The molecule has 0 unspecified atom stereocenters. The molecular weight excluding hydrogens is 250 g/mol. The van der Waals surface area contributed by atoms with Gasteiger partial charge in [0.25, 0.3) is 0 Å². The van der Waals surface area contributed by atoms with Gasteiger partial charge in [0.05, 0.1) is 11.2 Å². The lowest BCUT2D eigenvalue weighted by molar-refractivity contribution is 0.810. The molecule has 100 valence electrons. The number of pyridine rings is 1. The van der Waals surface area contributed by atoms with Gasteiger partial charge >= 0.3 is 0 Å². The second-order valence-corrected chi connectivity index (χ2v) is 4.80. The standard InChI is InChI=1S/C15H15N5/c1-9-7-10(2)20(19-9)14-8-12(15(16)17)11-5-3-4-6-13(11)18-14/h3-8H,1-2H3,(H3,16,17). The third-order valence-electron chi connectivity index (χ3n) is 3.22. The molecule has 2 aromatic heterocycles. The number of fused-ring (bicyclic) bond motifs is 1. The molecule has 0 atom stereocenters. The molecule has 5 heteroatoms. The average Bonchev–Trinajstić information content (AvgIpc) is 2.76. The number of nitrogens with one attached hydrogen (secondary N) is 1. The highest BCUT2D eigenvalue weighted by Gasteiger charge is 2.11. The second kappa shape index (κ2) is 4.45. The van der Waals surface area contributed by atoms with Gasteiger partial charge in [-0.05, 0) is 32.0 Å². The number of rotatable bonds is 2. The van der Waals surface area contributed by atoms with E-state index in [0.717, 1.165) is 22.3 Å². The molecular formula is C15H15N5. The number of hydrogen-bond acceptors (Lipinski definition) is 3. The number of benzene rings is 1. The van der Waals surface area contributed by atoms with Crippen LogP contribution in [-0.4, -0.2) is 20.6 Å². The summed E-state index contributed by atoms with van der Waals surface area (Å²) in [5.74, 6) is 0.714. The van der Waals surface area contributed by atoms with Crippen molar-refractivity contribution in [2.24, 2.45) is 5.73 Å². The number of amidine groups is 1. The Morgan fingerprint density at radius 3 is 2.60 bits per heavy atom. The number of para-hydroxylation sites is 1. The number of nitrogens with two attached hydrogens (primary N) is 1. The van der Waals surface area contributed by atoms with Crippen LogP contribution in [0.15, 0.2) is 36.4 Å². The molecule has 0 aliphatic carbocycles. The molecule has 0 amide bonds. The van der Waals surface area contributed by atoms with E-state index in [9.17, 15) is 0 Å². The highest BCUT2D eigenvalue weighted by molar-refractivity contribution is 6.07. The first kappa shape index (κ1) is 12.3. The zero-order valence-electron chi connectivity index (χ0n) is 11.4. The number of aromatic nitrogens is 3. The second-order valence-electron chi connectivity index (χ2n) is 4.80. The fraction of sp³-hybridized carbons (Fsp3) is 0.133. The molecule has 0 saturated heterocycles. The summed E-state index contributed by atoms with van der Waals surface area (Å²) in [5.41, 5.74) is 9.11. The van der Waals surface area contributed by atoms with Crippen molar-refractivity contribution in [1.29, 1.82) is 5.41 Å². The lowest BCUT2D eigenvalue weighted by atomic mass is 10.1. The Morgan fingerprint density at radius 1 is 1.20 bits per heavy atom. The normalized spacial score (nSPS) is 10.9. The third-order valence-corrected chi connectivity index (χ3v) is 3.22. The van der Waals surface area contributed by atoms with Gasteiger partial charge in [0.2, 0.25) is 0 Å². The molecule has 2 heterocycles. The summed E-state index contributed by atoms with van der Waals surface area (Å²) in [4.78, 5) is 4.61. The average molecular weight is 265 g/mol. The quantitative estimate of drug-likeness (QED) is 0.551. The van der Waals surface area contributed by atoms with Gasteiger partial charge < -0.3 is 5.73 Å². The molecule has 0 aliphatic rings. The molecule has 1 aromatic carbocycles. The van der Waals surface area contributed by atoms with E-state index < -0.39 is 0 Å². The summed E-state index contributed by atoms with van der Waals surface area (Å²) in [6.45, 7) is 3.92. The lowest BCUT2D eigenvalue weighted by Gasteiger charge is -2.09. The van der Waals surface area contributed by atoms with E-state index in [0.29, 0.717) is 11.4 Å². The first-order chi connectivity index (χ1) is 9.56. The van der Waals surface area contributed by atoms with Crippen molar-refractivity contribution in [2.45, 2.75) is 13.8 Å². The van der Waals surface area contributed by atoms with Crippen LogP contribution in [0.3, 0.4) is 0 Å². The number of nitrogen functional groups attached to an aromatic ring is 1. The van der Waals surface area contributed by atoms with Crippen LogP contribution in [0.2, 0.25) is 0 Å². The van der Waals surface area contributed by atoms with Gasteiger partial charge in [-0.25, -0.2) is 9.67 Å². The maximum absolute atomic E-state index is 7.76. The van der Waals surface area contributed by atoms with E-state index in [1.165, 1.54) is 0 Å². The van der Waals surface area contributed by atoms with Crippen molar-refractivity contribution >= 4 is 16.7 Å². The number of hydrogen-bond donors (Lipinski definition) is 2. The first-order valence-electron chi connectivity index (χ1n) is 6.34. The highest BCUT2D eigenvalue weighted by Crippen LogP contribution is 2.20. The van der Waals surface area contributed by atoms with Gasteiger partial charge in [-0.3, -0.25) is 5.41 Å². The van der Waals surface area contributed by atoms with Crippen molar-refractivity contribution in [3.05, 3.63) is 53.3 Å². The van der Waals surface area contributed by atoms with Crippen LogP contribution in [-0.2, 0) is 0 Å². The van der Waals surface area contributed by atoms with Crippen molar-refractivity contribution in [3.8, 4) is 5.82 Å². The summed E-state index contributed by atoms with van der Waals surface area (Å²) >= 11 is 0. The summed E-state index contributed by atoms with van der Waals surface area (Å²) in [6, 6.07) is 11.5. The summed E-state index contributed by atoms with van der Waals surface area (Å²) < 4.78 is 1.77. The smallest absolute Gasteiger partial charge is 0.155 e. The minimum absolute atomic E-state index is 0.0337. The zero-order valence-corrected chi connectivity index (χ0v) is 11.4. The summed E-state index contributed by atoms with van der Waals surface area (Å²) in [5, 5.41) is 13.1. The fourth-order valence-corrected chi connectivity index (χ4v) is 2.35. The maximum atomic E-state index is 7.76. The predicted octanol–water partition coefficient (Wildman–Crippen LogP) is 2.32. The van der Waals surface area contributed by atoms with Crippen LogP contribution < -0.4 is 5.73 Å². The monoisotopic (exact) mass is 265 g/mol. The Balaban J connectivity index is 2.32.